The van der Waals surface area contributed by atoms with E-state index in [1.165, 1.54) is 4.90 Å². The topological polar surface area (TPSA) is 45.2 Å². The molecule has 0 bridgehead atoms. The Bertz CT molecular complexity index is 323. The lowest BCUT2D eigenvalue weighted by Crippen LogP contribution is -2.22. The summed E-state index contributed by atoms with van der Waals surface area (Å²) in [6, 6.07) is 3.60. The minimum absolute atomic E-state index is 0.0789. The molecule has 0 atom stereocenters. The zero-order valence-corrected chi connectivity index (χ0v) is 8.74. The first-order chi connectivity index (χ1) is 6.65. The molecule has 1 aromatic heterocycles. The summed E-state index contributed by atoms with van der Waals surface area (Å²) in [5.74, 6) is -0.0789. The van der Waals surface area contributed by atoms with E-state index < -0.39 is 0 Å². The van der Waals surface area contributed by atoms with Crippen molar-refractivity contribution in [3.8, 4) is 0 Å². The standard InChI is InChI=1S/C10H15N3O/c1-4-11-8-5-6-12-9(7-8)10(14)13(2)3/h5-7H,4H2,1-3H3,(H,11,12). The Morgan fingerprint density at radius 3 is 2.86 bits per heavy atom. The molecule has 0 saturated carbocycles. The lowest BCUT2D eigenvalue weighted by molar-refractivity contribution is 0.0822. The van der Waals surface area contributed by atoms with Crippen molar-refractivity contribution < 1.29 is 4.79 Å². The first-order valence-corrected chi connectivity index (χ1v) is 4.56. The van der Waals surface area contributed by atoms with Crippen molar-refractivity contribution in [2.24, 2.45) is 0 Å². The minimum atomic E-state index is -0.0789. The second-order valence-electron chi connectivity index (χ2n) is 3.16. The second kappa shape index (κ2) is 4.60. The highest BCUT2D eigenvalue weighted by molar-refractivity contribution is 5.92. The van der Waals surface area contributed by atoms with Crippen molar-refractivity contribution >= 4 is 11.6 Å². The van der Waals surface area contributed by atoms with Gasteiger partial charge in [0.2, 0.25) is 0 Å². The largest absolute Gasteiger partial charge is 0.385 e. The maximum absolute atomic E-state index is 11.5. The fraction of sp³-hybridized carbons (Fsp3) is 0.400. The van der Waals surface area contributed by atoms with Crippen molar-refractivity contribution in [2.75, 3.05) is 26.0 Å². The van der Waals surface area contributed by atoms with Crippen LogP contribution in [0.3, 0.4) is 0 Å². The molecule has 0 unspecified atom stereocenters. The van der Waals surface area contributed by atoms with E-state index in [9.17, 15) is 4.79 Å². The van der Waals surface area contributed by atoms with Crippen molar-refractivity contribution in [3.05, 3.63) is 24.0 Å². The Balaban J connectivity index is 2.88. The van der Waals surface area contributed by atoms with Crippen LogP contribution in [-0.4, -0.2) is 36.4 Å². The lowest BCUT2D eigenvalue weighted by atomic mass is 10.3. The molecule has 4 heteroatoms. The van der Waals surface area contributed by atoms with Gasteiger partial charge < -0.3 is 10.2 Å². The Morgan fingerprint density at radius 2 is 2.29 bits per heavy atom. The highest BCUT2D eigenvalue weighted by Crippen LogP contribution is 2.08. The fourth-order valence-electron chi connectivity index (χ4n) is 1.09. The van der Waals surface area contributed by atoms with Crippen LogP contribution in [0.4, 0.5) is 5.69 Å². The molecule has 0 aliphatic heterocycles. The number of rotatable bonds is 3. The van der Waals surface area contributed by atoms with Crippen LogP contribution in [0.5, 0.6) is 0 Å². The smallest absolute Gasteiger partial charge is 0.272 e. The molecule has 0 saturated heterocycles. The van der Waals surface area contributed by atoms with E-state index in [1.54, 1.807) is 26.4 Å². The normalized spacial score (nSPS) is 9.64. The predicted molar refractivity (Wildman–Crippen MR) is 56.4 cm³/mol. The number of nitrogens with one attached hydrogen (secondary N) is 1. The molecule has 14 heavy (non-hydrogen) atoms. The van der Waals surface area contributed by atoms with Crippen LogP contribution in [-0.2, 0) is 0 Å². The number of amides is 1. The van der Waals surface area contributed by atoms with Gasteiger partial charge in [0.15, 0.2) is 0 Å². The van der Waals surface area contributed by atoms with Crippen molar-refractivity contribution in [2.45, 2.75) is 6.92 Å². The van der Waals surface area contributed by atoms with Gasteiger partial charge in [-0.1, -0.05) is 0 Å². The van der Waals surface area contributed by atoms with Crippen LogP contribution >= 0.6 is 0 Å². The summed E-state index contributed by atoms with van der Waals surface area (Å²) >= 11 is 0. The molecular weight excluding hydrogens is 178 g/mol. The average molecular weight is 193 g/mol. The quantitative estimate of drug-likeness (QED) is 0.785. The average Bonchev–Trinajstić information content (AvgIpc) is 2.17. The number of hydrogen-bond acceptors (Lipinski definition) is 3. The lowest BCUT2D eigenvalue weighted by Gasteiger charge is -2.10. The van der Waals surface area contributed by atoms with Gasteiger partial charge in [-0.25, -0.2) is 0 Å². The number of carbonyl (C=O) groups is 1. The zero-order chi connectivity index (χ0) is 10.6. The van der Waals surface area contributed by atoms with E-state index in [0.717, 1.165) is 12.2 Å². The van der Waals surface area contributed by atoms with E-state index >= 15 is 0 Å². The molecule has 4 nitrogen and oxygen atoms in total. The first-order valence-electron chi connectivity index (χ1n) is 4.56. The number of nitrogens with zero attached hydrogens (tertiary/aromatic N) is 2. The fourth-order valence-corrected chi connectivity index (χ4v) is 1.09. The van der Waals surface area contributed by atoms with Crippen LogP contribution in [0, 0.1) is 0 Å². The third-order valence-corrected chi connectivity index (χ3v) is 1.77. The van der Waals surface area contributed by atoms with E-state index in [2.05, 4.69) is 10.3 Å². The van der Waals surface area contributed by atoms with Gasteiger partial charge in [-0.15, -0.1) is 0 Å². The zero-order valence-electron chi connectivity index (χ0n) is 8.74. The number of anilines is 1. The van der Waals surface area contributed by atoms with Crippen LogP contribution in [0.15, 0.2) is 18.3 Å². The summed E-state index contributed by atoms with van der Waals surface area (Å²) in [6.07, 6.45) is 1.63. The predicted octanol–water partition coefficient (Wildman–Crippen LogP) is 1.22. The van der Waals surface area contributed by atoms with Crippen LogP contribution in [0.25, 0.3) is 0 Å². The van der Waals surface area contributed by atoms with Gasteiger partial charge in [0.1, 0.15) is 5.69 Å². The Hall–Kier alpha value is -1.58. The Kier molecular flexibility index (Phi) is 3.45. The van der Waals surface area contributed by atoms with Crippen LogP contribution in [0.1, 0.15) is 17.4 Å². The Labute approximate surface area is 83.9 Å². The highest BCUT2D eigenvalue weighted by atomic mass is 16.2. The molecule has 1 rings (SSSR count). The van der Waals surface area contributed by atoms with Gasteiger partial charge in [-0.3, -0.25) is 9.78 Å². The third kappa shape index (κ3) is 2.45. The maximum Gasteiger partial charge on any atom is 0.272 e. The van der Waals surface area contributed by atoms with Crippen LogP contribution < -0.4 is 5.32 Å². The van der Waals surface area contributed by atoms with Gasteiger partial charge in [0.05, 0.1) is 0 Å². The molecule has 1 amide bonds. The first kappa shape index (κ1) is 10.5. The van der Waals surface area contributed by atoms with E-state index in [1.807, 2.05) is 13.0 Å². The maximum atomic E-state index is 11.5. The van der Waals surface area contributed by atoms with Crippen molar-refractivity contribution in [3.63, 3.8) is 0 Å². The number of aromatic nitrogens is 1. The number of hydrogen-bond donors (Lipinski definition) is 1. The van der Waals surface area contributed by atoms with E-state index in [4.69, 9.17) is 0 Å². The summed E-state index contributed by atoms with van der Waals surface area (Å²) in [5.41, 5.74) is 1.39. The van der Waals surface area contributed by atoms with E-state index in [0.29, 0.717) is 5.69 Å². The number of pyridine rings is 1. The monoisotopic (exact) mass is 193 g/mol. The molecule has 1 aromatic rings. The van der Waals surface area contributed by atoms with Gasteiger partial charge in [0.25, 0.3) is 5.91 Å². The molecule has 76 valence electrons. The molecular formula is C10H15N3O. The molecule has 0 aromatic carbocycles. The molecule has 1 heterocycles. The minimum Gasteiger partial charge on any atom is -0.385 e. The molecule has 0 radical (unpaired) electrons. The molecule has 1 N–H and O–H groups in total. The molecule has 0 spiro atoms. The van der Waals surface area contributed by atoms with Crippen LogP contribution in [0.2, 0.25) is 0 Å². The summed E-state index contributed by atoms with van der Waals surface area (Å²) in [7, 11) is 3.42. The van der Waals surface area contributed by atoms with Gasteiger partial charge in [-0.05, 0) is 19.1 Å². The van der Waals surface area contributed by atoms with Crippen molar-refractivity contribution in [1.29, 1.82) is 0 Å². The van der Waals surface area contributed by atoms with Gasteiger partial charge in [0, 0.05) is 32.5 Å². The Morgan fingerprint density at radius 1 is 1.57 bits per heavy atom. The second-order valence-corrected chi connectivity index (χ2v) is 3.16. The molecule has 0 fully saturated rings. The summed E-state index contributed by atoms with van der Waals surface area (Å²) < 4.78 is 0. The molecule has 0 aliphatic rings. The highest BCUT2D eigenvalue weighted by Gasteiger charge is 2.09. The summed E-state index contributed by atoms with van der Waals surface area (Å²) in [4.78, 5) is 17.1. The summed E-state index contributed by atoms with van der Waals surface area (Å²) in [5, 5.41) is 3.13. The third-order valence-electron chi connectivity index (χ3n) is 1.77. The van der Waals surface area contributed by atoms with Gasteiger partial charge >= 0.3 is 0 Å². The summed E-state index contributed by atoms with van der Waals surface area (Å²) in [6.45, 7) is 2.84. The number of carbonyl (C=O) groups excluding carboxylic acids is 1. The van der Waals surface area contributed by atoms with Crippen molar-refractivity contribution in [1.82, 2.24) is 9.88 Å². The van der Waals surface area contributed by atoms with E-state index in [-0.39, 0.29) is 5.91 Å². The molecule has 0 aliphatic carbocycles. The van der Waals surface area contributed by atoms with Gasteiger partial charge in [-0.2, -0.15) is 0 Å². The SMILES string of the molecule is CCNc1ccnc(C(=O)N(C)C)c1.